The summed E-state index contributed by atoms with van der Waals surface area (Å²) in [5.74, 6) is 2.76. The van der Waals surface area contributed by atoms with E-state index in [1.165, 1.54) is 42.4 Å². The molecular weight excluding hydrogens is 330 g/mol. The van der Waals surface area contributed by atoms with Gasteiger partial charge in [0.1, 0.15) is 0 Å². The molecule has 1 aromatic heterocycles. The Morgan fingerprint density at radius 3 is 2.85 bits per heavy atom. The molecule has 1 heterocycles. The van der Waals surface area contributed by atoms with E-state index in [1.807, 2.05) is 24.5 Å². The first-order chi connectivity index (χ1) is 12.9. The fraction of sp³-hybridized carbons (Fsp3) is 0.520. The van der Waals surface area contributed by atoms with Crippen LogP contribution in [0.5, 0.6) is 0 Å². The van der Waals surface area contributed by atoms with Crippen LogP contribution >= 0.6 is 0 Å². The van der Waals surface area contributed by atoms with Gasteiger partial charge in [-0.3, -0.25) is 9.78 Å². The predicted octanol–water partition coefficient (Wildman–Crippen LogP) is 5.63. The van der Waals surface area contributed by atoms with Crippen LogP contribution in [-0.4, -0.2) is 10.8 Å². The standard InChI is InChI=1S/C25H29NO/c1-16-13-19-21-7-6-20(17-5-4-12-26-15-17)24(21,2)11-9-22(19)25(3)10-8-18(27)14-23(16)25/h4-6,8,10,12,14-16,19,21-22H,7,9,11,13H2,1-3H3. The van der Waals surface area contributed by atoms with E-state index in [1.54, 1.807) is 0 Å². The van der Waals surface area contributed by atoms with E-state index >= 15 is 0 Å². The Morgan fingerprint density at radius 2 is 2.07 bits per heavy atom. The lowest BCUT2D eigenvalue weighted by atomic mass is 9.46. The molecule has 0 aromatic carbocycles. The molecule has 5 rings (SSSR count). The molecule has 1 aromatic rings. The molecule has 2 fully saturated rings. The molecule has 2 heteroatoms. The van der Waals surface area contributed by atoms with Gasteiger partial charge < -0.3 is 0 Å². The van der Waals surface area contributed by atoms with Gasteiger partial charge in [-0.25, -0.2) is 0 Å². The molecule has 140 valence electrons. The number of hydrogen-bond acceptors (Lipinski definition) is 2. The van der Waals surface area contributed by atoms with Crippen molar-refractivity contribution in [2.45, 2.75) is 46.5 Å². The lowest BCUT2D eigenvalue weighted by Gasteiger charge is -2.58. The van der Waals surface area contributed by atoms with Crippen LogP contribution in [-0.2, 0) is 4.79 Å². The largest absolute Gasteiger partial charge is 0.290 e. The van der Waals surface area contributed by atoms with Crippen LogP contribution in [0, 0.1) is 34.5 Å². The number of nitrogens with zero attached hydrogens (tertiary/aromatic N) is 1. The van der Waals surface area contributed by atoms with Crippen molar-refractivity contribution in [3.63, 3.8) is 0 Å². The van der Waals surface area contributed by atoms with Crippen LogP contribution in [0.1, 0.15) is 52.0 Å². The fourth-order valence-electron chi connectivity index (χ4n) is 7.15. The smallest absolute Gasteiger partial charge is 0.178 e. The molecule has 4 aliphatic carbocycles. The van der Waals surface area contributed by atoms with E-state index < -0.39 is 0 Å². The van der Waals surface area contributed by atoms with Crippen molar-refractivity contribution in [3.8, 4) is 0 Å². The third-order valence-corrected chi connectivity index (χ3v) is 8.43. The first-order valence-corrected chi connectivity index (χ1v) is 10.5. The van der Waals surface area contributed by atoms with Crippen LogP contribution in [0.15, 0.2) is 54.4 Å². The van der Waals surface area contributed by atoms with Crippen molar-refractivity contribution in [1.29, 1.82) is 0 Å². The number of rotatable bonds is 1. The highest BCUT2D eigenvalue weighted by atomic mass is 16.1. The Kier molecular flexibility index (Phi) is 3.67. The summed E-state index contributed by atoms with van der Waals surface area (Å²) in [6, 6.07) is 4.28. The molecule has 6 atom stereocenters. The number of carbonyl (C=O) groups is 1. The molecule has 0 radical (unpaired) electrons. The van der Waals surface area contributed by atoms with E-state index in [-0.39, 0.29) is 16.6 Å². The first-order valence-electron chi connectivity index (χ1n) is 10.5. The Bertz CT molecular complexity index is 879. The van der Waals surface area contributed by atoms with Gasteiger partial charge in [0.05, 0.1) is 0 Å². The van der Waals surface area contributed by atoms with Crippen molar-refractivity contribution < 1.29 is 4.79 Å². The zero-order valence-electron chi connectivity index (χ0n) is 16.6. The molecule has 0 N–H and O–H groups in total. The van der Waals surface area contributed by atoms with Crippen molar-refractivity contribution in [3.05, 3.63) is 60.0 Å². The van der Waals surface area contributed by atoms with Crippen LogP contribution in [0.25, 0.3) is 5.57 Å². The Morgan fingerprint density at radius 1 is 1.22 bits per heavy atom. The summed E-state index contributed by atoms with van der Waals surface area (Å²) < 4.78 is 0. The van der Waals surface area contributed by atoms with Gasteiger partial charge in [-0.05, 0) is 84.1 Å². The molecule has 6 unspecified atom stereocenters. The van der Waals surface area contributed by atoms with E-state index in [0.29, 0.717) is 17.8 Å². The minimum Gasteiger partial charge on any atom is -0.290 e. The molecule has 2 saturated carbocycles. The lowest BCUT2D eigenvalue weighted by molar-refractivity contribution is -0.111. The van der Waals surface area contributed by atoms with E-state index in [2.05, 4.69) is 50.0 Å². The SMILES string of the molecule is CC1CC2C(CCC3(C)C(c4cccnc4)=CCC23)C2(C)C=CC(=O)C=C12. The molecule has 0 bridgehead atoms. The molecule has 27 heavy (non-hydrogen) atoms. The number of fused-ring (bicyclic) bond motifs is 5. The van der Waals surface area contributed by atoms with Gasteiger partial charge in [0, 0.05) is 17.8 Å². The zero-order chi connectivity index (χ0) is 18.8. The molecular formula is C25H29NO. The van der Waals surface area contributed by atoms with E-state index in [9.17, 15) is 4.79 Å². The van der Waals surface area contributed by atoms with Gasteiger partial charge >= 0.3 is 0 Å². The van der Waals surface area contributed by atoms with Crippen molar-refractivity contribution in [1.82, 2.24) is 4.98 Å². The van der Waals surface area contributed by atoms with Gasteiger partial charge in [-0.15, -0.1) is 0 Å². The first kappa shape index (κ1) is 17.2. The Balaban J connectivity index is 1.52. The minimum atomic E-state index is 0.0641. The normalized spacial score (nSPS) is 42.7. The van der Waals surface area contributed by atoms with E-state index in [4.69, 9.17) is 0 Å². The number of ketones is 1. The summed E-state index contributed by atoms with van der Waals surface area (Å²) >= 11 is 0. The Labute approximate surface area is 162 Å². The third-order valence-electron chi connectivity index (χ3n) is 8.43. The topological polar surface area (TPSA) is 30.0 Å². The number of hydrogen-bond donors (Lipinski definition) is 0. The summed E-state index contributed by atoms with van der Waals surface area (Å²) in [7, 11) is 0. The number of aromatic nitrogens is 1. The molecule has 0 saturated heterocycles. The molecule has 0 amide bonds. The van der Waals surface area contributed by atoms with Gasteiger partial charge in [0.2, 0.25) is 0 Å². The monoisotopic (exact) mass is 359 g/mol. The molecule has 0 aliphatic heterocycles. The van der Waals surface area contributed by atoms with Gasteiger partial charge in [-0.1, -0.05) is 44.6 Å². The number of carbonyl (C=O) groups excluding carboxylic acids is 1. The second kappa shape index (κ2) is 5.77. The molecule has 4 aliphatic rings. The second-order valence-corrected chi connectivity index (χ2v) is 9.68. The summed E-state index contributed by atoms with van der Waals surface area (Å²) in [4.78, 5) is 16.4. The fourth-order valence-corrected chi connectivity index (χ4v) is 7.15. The highest BCUT2D eigenvalue weighted by molar-refractivity contribution is 6.01. The van der Waals surface area contributed by atoms with Gasteiger partial charge in [0.15, 0.2) is 5.78 Å². The maximum atomic E-state index is 12.0. The summed E-state index contributed by atoms with van der Waals surface area (Å²) in [6.07, 6.45) is 17.3. The van der Waals surface area contributed by atoms with Crippen molar-refractivity contribution in [2.24, 2.45) is 34.5 Å². The minimum absolute atomic E-state index is 0.0641. The van der Waals surface area contributed by atoms with Crippen molar-refractivity contribution >= 4 is 11.4 Å². The van der Waals surface area contributed by atoms with Crippen LogP contribution in [0.4, 0.5) is 0 Å². The average Bonchev–Trinajstić information content (AvgIpc) is 3.01. The average molecular weight is 360 g/mol. The quantitative estimate of drug-likeness (QED) is 0.650. The highest BCUT2D eigenvalue weighted by Crippen LogP contribution is 2.66. The summed E-state index contributed by atoms with van der Waals surface area (Å²) in [6.45, 7) is 7.23. The summed E-state index contributed by atoms with van der Waals surface area (Å²) in [5, 5.41) is 0. The zero-order valence-corrected chi connectivity index (χ0v) is 16.6. The van der Waals surface area contributed by atoms with Crippen molar-refractivity contribution in [2.75, 3.05) is 0 Å². The van der Waals surface area contributed by atoms with Crippen LogP contribution in [0.2, 0.25) is 0 Å². The lowest BCUT2D eigenvalue weighted by Crippen LogP contribution is -2.50. The third kappa shape index (κ3) is 2.31. The van der Waals surface area contributed by atoms with Crippen LogP contribution < -0.4 is 0 Å². The number of pyridine rings is 1. The summed E-state index contributed by atoms with van der Waals surface area (Å²) in [5.41, 5.74) is 4.54. The molecule has 2 nitrogen and oxygen atoms in total. The second-order valence-electron chi connectivity index (χ2n) is 9.68. The van der Waals surface area contributed by atoms with Gasteiger partial charge in [0.25, 0.3) is 0 Å². The Hall–Kier alpha value is -1.96. The predicted molar refractivity (Wildman–Crippen MR) is 109 cm³/mol. The maximum Gasteiger partial charge on any atom is 0.178 e. The van der Waals surface area contributed by atoms with E-state index in [0.717, 1.165) is 5.92 Å². The van der Waals surface area contributed by atoms with Gasteiger partial charge in [-0.2, -0.15) is 0 Å². The highest BCUT2D eigenvalue weighted by Gasteiger charge is 2.57. The molecule has 0 spiro atoms. The van der Waals surface area contributed by atoms with Crippen LogP contribution in [0.3, 0.4) is 0 Å². The number of allylic oxidation sites excluding steroid dienone is 6. The maximum absolute atomic E-state index is 12.0.